The van der Waals surface area contributed by atoms with Crippen molar-refractivity contribution in [2.45, 2.75) is 51.7 Å². The Balaban J connectivity index is 1.26. The highest BCUT2D eigenvalue weighted by Crippen LogP contribution is 2.26. The van der Waals surface area contributed by atoms with E-state index in [9.17, 15) is 4.79 Å². The summed E-state index contributed by atoms with van der Waals surface area (Å²) in [7, 11) is 1.90. The number of nitrogens with zero attached hydrogens (tertiary/aromatic N) is 4. The Hall–Kier alpha value is -2.18. The van der Waals surface area contributed by atoms with Gasteiger partial charge in [0.15, 0.2) is 0 Å². The van der Waals surface area contributed by atoms with Crippen LogP contribution in [0.5, 0.6) is 0 Å². The summed E-state index contributed by atoms with van der Waals surface area (Å²) < 4.78 is 5.65. The second kappa shape index (κ2) is 9.75. The fourth-order valence-electron chi connectivity index (χ4n) is 4.93. The van der Waals surface area contributed by atoms with Crippen molar-refractivity contribution in [3.05, 3.63) is 53.7 Å². The van der Waals surface area contributed by atoms with Gasteiger partial charge in [0.05, 0.1) is 12.5 Å². The van der Waals surface area contributed by atoms with Gasteiger partial charge in [0.1, 0.15) is 11.5 Å². The van der Waals surface area contributed by atoms with E-state index in [4.69, 9.17) is 4.42 Å². The van der Waals surface area contributed by atoms with Crippen molar-refractivity contribution in [1.82, 2.24) is 19.7 Å². The van der Waals surface area contributed by atoms with Crippen molar-refractivity contribution in [2.24, 2.45) is 5.92 Å². The third-order valence-electron chi connectivity index (χ3n) is 6.57. The average Bonchev–Trinajstić information content (AvgIpc) is 3.19. The van der Waals surface area contributed by atoms with Gasteiger partial charge in [-0.3, -0.25) is 19.6 Å². The molecule has 30 heavy (non-hydrogen) atoms. The molecule has 2 fully saturated rings. The number of piperidine rings is 2. The Labute approximate surface area is 179 Å². The van der Waals surface area contributed by atoms with E-state index in [2.05, 4.69) is 20.9 Å². The van der Waals surface area contributed by atoms with Crippen LogP contribution in [0.25, 0.3) is 0 Å². The molecule has 2 aliphatic rings. The summed E-state index contributed by atoms with van der Waals surface area (Å²) in [5.41, 5.74) is 1.29. The summed E-state index contributed by atoms with van der Waals surface area (Å²) in [4.78, 5) is 24.2. The first-order chi connectivity index (χ1) is 14.6. The Morgan fingerprint density at radius 3 is 2.73 bits per heavy atom. The van der Waals surface area contributed by atoms with Gasteiger partial charge < -0.3 is 9.32 Å². The van der Waals surface area contributed by atoms with Gasteiger partial charge >= 0.3 is 0 Å². The zero-order chi connectivity index (χ0) is 20.9. The van der Waals surface area contributed by atoms with E-state index in [1.807, 2.05) is 49.5 Å². The van der Waals surface area contributed by atoms with Crippen LogP contribution in [0.3, 0.4) is 0 Å². The quantitative estimate of drug-likeness (QED) is 0.731. The number of furan rings is 1. The van der Waals surface area contributed by atoms with Crippen LogP contribution in [-0.4, -0.2) is 64.9 Å². The SMILES string of the molecule is Cc1ccc(CN(C)C(=O)C2CCCN(C3CCN(Cc4cccnc4)CC3)C2)o1. The number of carbonyl (C=O) groups excluding carboxylic acids is 1. The van der Waals surface area contributed by atoms with E-state index in [1.54, 1.807) is 0 Å². The highest BCUT2D eigenvalue weighted by atomic mass is 16.3. The largest absolute Gasteiger partial charge is 0.464 e. The lowest BCUT2D eigenvalue weighted by molar-refractivity contribution is -0.137. The zero-order valence-electron chi connectivity index (χ0n) is 18.3. The molecule has 0 aliphatic carbocycles. The molecule has 1 atom stereocenters. The Bertz CT molecular complexity index is 814. The van der Waals surface area contributed by atoms with E-state index in [-0.39, 0.29) is 11.8 Å². The number of carbonyl (C=O) groups is 1. The molecule has 0 radical (unpaired) electrons. The van der Waals surface area contributed by atoms with Crippen LogP contribution >= 0.6 is 0 Å². The Morgan fingerprint density at radius 2 is 2.03 bits per heavy atom. The Kier molecular flexibility index (Phi) is 6.85. The molecule has 0 N–H and O–H groups in total. The number of pyridine rings is 1. The molecule has 0 spiro atoms. The molecule has 2 aromatic rings. The van der Waals surface area contributed by atoms with Crippen LogP contribution in [0.15, 0.2) is 41.1 Å². The first kappa shape index (κ1) is 21.1. The number of hydrogen-bond acceptors (Lipinski definition) is 5. The van der Waals surface area contributed by atoms with Crippen LogP contribution in [0.1, 0.15) is 42.8 Å². The molecule has 2 aliphatic heterocycles. The molecule has 0 bridgehead atoms. The van der Waals surface area contributed by atoms with Gasteiger partial charge in [-0.2, -0.15) is 0 Å². The molecular weight excluding hydrogens is 376 g/mol. The molecule has 1 unspecified atom stereocenters. The van der Waals surface area contributed by atoms with Crippen molar-refractivity contribution in [2.75, 3.05) is 33.2 Å². The molecule has 1 amide bonds. The van der Waals surface area contributed by atoms with Crippen molar-refractivity contribution in [3.63, 3.8) is 0 Å². The van der Waals surface area contributed by atoms with Crippen LogP contribution in [-0.2, 0) is 17.9 Å². The lowest BCUT2D eigenvalue weighted by Gasteiger charge is -2.42. The van der Waals surface area contributed by atoms with Crippen molar-refractivity contribution in [3.8, 4) is 0 Å². The van der Waals surface area contributed by atoms with Crippen LogP contribution < -0.4 is 0 Å². The van der Waals surface area contributed by atoms with E-state index in [0.717, 1.165) is 57.1 Å². The van der Waals surface area contributed by atoms with Crippen LogP contribution in [0.2, 0.25) is 0 Å². The van der Waals surface area contributed by atoms with Crippen molar-refractivity contribution < 1.29 is 9.21 Å². The number of aromatic nitrogens is 1. The minimum Gasteiger partial charge on any atom is -0.464 e. The molecule has 2 saturated heterocycles. The molecule has 4 heterocycles. The maximum absolute atomic E-state index is 13.0. The summed E-state index contributed by atoms with van der Waals surface area (Å²) >= 11 is 0. The number of aryl methyl sites for hydroxylation is 1. The van der Waals surface area contributed by atoms with E-state index in [0.29, 0.717) is 12.6 Å². The van der Waals surface area contributed by atoms with Crippen molar-refractivity contribution in [1.29, 1.82) is 0 Å². The minimum absolute atomic E-state index is 0.105. The number of hydrogen-bond donors (Lipinski definition) is 0. The summed E-state index contributed by atoms with van der Waals surface area (Å²) in [6, 6.07) is 8.68. The predicted molar refractivity (Wildman–Crippen MR) is 117 cm³/mol. The van der Waals surface area contributed by atoms with Gasteiger partial charge in [0.25, 0.3) is 0 Å². The summed E-state index contributed by atoms with van der Waals surface area (Å²) in [6.45, 7) is 7.73. The topological polar surface area (TPSA) is 52.8 Å². The maximum atomic E-state index is 13.0. The number of rotatable bonds is 6. The van der Waals surface area contributed by atoms with E-state index < -0.39 is 0 Å². The van der Waals surface area contributed by atoms with Crippen molar-refractivity contribution >= 4 is 5.91 Å². The monoisotopic (exact) mass is 410 g/mol. The number of likely N-dealkylation sites (tertiary alicyclic amines) is 2. The Morgan fingerprint density at radius 1 is 1.20 bits per heavy atom. The summed E-state index contributed by atoms with van der Waals surface area (Å²) in [5.74, 6) is 2.11. The highest BCUT2D eigenvalue weighted by Gasteiger charge is 2.33. The molecule has 6 heteroatoms. The lowest BCUT2D eigenvalue weighted by atomic mass is 9.93. The van der Waals surface area contributed by atoms with Gasteiger partial charge in [-0.15, -0.1) is 0 Å². The first-order valence-corrected chi connectivity index (χ1v) is 11.2. The van der Waals surface area contributed by atoms with E-state index in [1.165, 1.54) is 18.4 Å². The second-order valence-electron chi connectivity index (χ2n) is 8.91. The normalized spacial score (nSPS) is 21.6. The first-order valence-electron chi connectivity index (χ1n) is 11.2. The van der Waals surface area contributed by atoms with E-state index >= 15 is 0 Å². The third-order valence-corrected chi connectivity index (χ3v) is 6.57. The highest BCUT2D eigenvalue weighted by molar-refractivity contribution is 5.78. The van der Waals surface area contributed by atoms with Gasteiger partial charge in [-0.25, -0.2) is 0 Å². The molecule has 2 aromatic heterocycles. The van der Waals surface area contributed by atoms with Gasteiger partial charge in [0, 0.05) is 38.6 Å². The van der Waals surface area contributed by atoms with Gasteiger partial charge in [0.2, 0.25) is 5.91 Å². The average molecular weight is 411 g/mol. The molecular formula is C24H34N4O2. The fraction of sp³-hybridized carbons (Fsp3) is 0.583. The maximum Gasteiger partial charge on any atom is 0.227 e. The minimum atomic E-state index is 0.105. The molecule has 6 nitrogen and oxygen atoms in total. The third kappa shape index (κ3) is 5.29. The molecule has 4 rings (SSSR count). The molecule has 162 valence electrons. The second-order valence-corrected chi connectivity index (χ2v) is 8.91. The molecule has 0 saturated carbocycles. The zero-order valence-corrected chi connectivity index (χ0v) is 18.3. The molecule has 0 aromatic carbocycles. The van der Waals surface area contributed by atoms with Gasteiger partial charge in [-0.1, -0.05) is 6.07 Å². The van der Waals surface area contributed by atoms with Crippen LogP contribution in [0.4, 0.5) is 0 Å². The fourth-order valence-corrected chi connectivity index (χ4v) is 4.93. The smallest absolute Gasteiger partial charge is 0.227 e. The predicted octanol–water partition coefficient (Wildman–Crippen LogP) is 3.32. The van der Waals surface area contributed by atoms with Crippen LogP contribution in [0, 0.1) is 12.8 Å². The van der Waals surface area contributed by atoms with Gasteiger partial charge in [-0.05, 0) is 76.0 Å². The summed E-state index contributed by atoms with van der Waals surface area (Å²) in [5, 5.41) is 0. The lowest BCUT2D eigenvalue weighted by Crippen LogP contribution is -2.50. The summed E-state index contributed by atoms with van der Waals surface area (Å²) in [6.07, 6.45) is 8.27. The number of amides is 1. The standard InChI is InChI=1S/C24H34N4O2/c1-19-7-8-23(30-19)18-26(2)24(29)21-6-4-12-28(17-21)22-9-13-27(14-10-22)16-20-5-3-11-25-15-20/h3,5,7-8,11,15,21-22H,4,6,9-10,12-14,16-18H2,1-2H3.